The van der Waals surface area contributed by atoms with Crippen LogP contribution in [0, 0.1) is 0 Å². The molecule has 1 aromatic carbocycles. The number of rotatable bonds is 8. The van der Waals surface area contributed by atoms with E-state index in [4.69, 9.17) is 5.73 Å². The summed E-state index contributed by atoms with van der Waals surface area (Å²) in [5.41, 5.74) is 8.60. The van der Waals surface area contributed by atoms with E-state index in [0.29, 0.717) is 6.42 Å². The van der Waals surface area contributed by atoms with Gasteiger partial charge in [0.05, 0.1) is 6.04 Å². The van der Waals surface area contributed by atoms with Gasteiger partial charge in [0.1, 0.15) is 0 Å². The minimum absolute atomic E-state index is 0.105. The first-order valence-corrected chi connectivity index (χ1v) is 8.98. The smallest absolute Gasteiger partial charge is 0.239 e. The van der Waals surface area contributed by atoms with E-state index in [1.165, 1.54) is 5.56 Å². The molecule has 0 spiro atoms. The summed E-state index contributed by atoms with van der Waals surface area (Å²) in [7, 11) is 0. The first kappa shape index (κ1) is 18.0. The molecule has 1 heterocycles. The molecule has 1 aliphatic heterocycles. The first-order chi connectivity index (χ1) is 11.1. The molecule has 128 valence electrons. The molecular weight excluding hydrogens is 286 g/mol. The highest BCUT2D eigenvalue weighted by Crippen LogP contribution is 2.12. The summed E-state index contributed by atoms with van der Waals surface area (Å²) in [6, 6.07) is 8.18. The van der Waals surface area contributed by atoms with Crippen LogP contribution in [0.5, 0.6) is 0 Å². The number of nitrogens with zero attached hydrogens (tertiary/aromatic N) is 2. The van der Waals surface area contributed by atoms with Crippen molar-refractivity contribution in [3.63, 3.8) is 0 Å². The van der Waals surface area contributed by atoms with Crippen LogP contribution in [0.1, 0.15) is 37.8 Å². The zero-order chi connectivity index (χ0) is 16.7. The lowest BCUT2D eigenvalue weighted by Gasteiger charge is -2.20. The predicted molar refractivity (Wildman–Crippen MR) is 95.4 cm³/mol. The average molecular weight is 317 g/mol. The van der Waals surface area contributed by atoms with Crippen molar-refractivity contribution in [1.29, 1.82) is 0 Å². The van der Waals surface area contributed by atoms with Gasteiger partial charge in [-0.05, 0) is 49.9 Å². The van der Waals surface area contributed by atoms with Gasteiger partial charge in [0, 0.05) is 19.6 Å². The third-order valence-corrected chi connectivity index (χ3v) is 4.82. The molecule has 1 fully saturated rings. The molecule has 4 nitrogen and oxygen atoms in total. The van der Waals surface area contributed by atoms with Crippen LogP contribution in [-0.2, 0) is 17.6 Å². The summed E-state index contributed by atoms with van der Waals surface area (Å²) < 4.78 is 0. The molecule has 0 radical (unpaired) electrons. The van der Waals surface area contributed by atoms with E-state index in [-0.39, 0.29) is 5.91 Å². The van der Waals surface area contributed by atoms with E-state index in [2.05, 4.69) is 43.0 Å². The van der Waals surface area contributed by atoms with E-state index < -0.39 is 6.04 Å². The second-order valence-corrected chi connectivity index (χ2v) is 6.44. The lowest BCUT2D eigenvalue weighted by atomic mass is 10.0. The van der Waals surface area contributed by atoms with E-state index >= 15 is 0 Å². The molecule has 23 heavy (non-hydrogen) atoms. The molecule has 4 heteroatoms. The van der Waals surface area contributed by atoms with Crippen LogP contribution < -0.4 is 5.73 Å². The second kappa shape index (κ2) is 9.04. The van der Waals surface area contributed by atoms with Crippen LogP contribution in [0.25, 0.3) is 0 Å². The molecular formula is C19H31N3O. The maximum absolute atomic E-state index is 12.3. The Morgan fingerprint density at radius 3 is 2.26 bits per heavy atom. The fourth-order valence-corrected chi connectivity index (χ4v) is 3.18. The summed E-state index contributed by atoms with van der Waals surface area (Å²) in [6.07, 6.45) is 3.92. The number of hydrogen-bond donors (Lipinski definition) is 1. The Balaban J connectivity index is 1.83. The fourth-order valence-electron chi connectivity index (χ4n) is 3.18. The number of carbonyl (C=O) groups excluding carboxylic acids is 1. The van der Waals surface area contributed by atoms with Gasteiger partial charge in [-0.25, -0.2) is 0 Å². The fraction of sp³-hybridized carbons (Fsp3) is 0.632. The van der Waals surface area contributed by atoms with Crippen molar-refractivity contribution >= 4 is 5.91 Å². The summed E-state index contributed by atoms with van der Waals surface area (Å²) in [5, 5.41) is 0. The molecule has 0 saturated carbocycles. The Morgan fingerprint density at radius 2 is 1.70 bits per heavy atom. The zero-order valence-electron chi connectivity index (χ0n) is 14.6. The Kier molecular flexibility index (Phi) is 7.06. The molecule has 0 aliphatic carbocycles. The van der Waals surface area contributed by atoms with Crippen LogP contribution in [-0.4, -0.2) is 54.5 Å². The Labute approximate surface area is 140 Å². The molecule has 0 bridgehead atoms. The van der Waals surface area contributed by atoms with Crippen LogP contribution in [0.4, 0.5) is 0 Å². The maximum Gasteiger partial charge on any atom is 0.239 e. The molecule has 1 aliphatic rings. The van der Waals surface area contributed by atoms with E-state index in [9.17, 15) is 4.79 Å². The predicted octanol–water partition coefficient (Wildman–Crippen LogP) is 2.06. The third-order valence-electron chi connectivity index (χ3n) is 4.82. The normalized spacial score (nSPS) is 16.1. The van der Waals surface area contributed by atoms with E-state index in [1.807, 2.05) is 4.90 Å². The highest BCUT2D eigenvalue weighted by molar-refractivity contribution is 5.82. The zero-order valence-corrected chi connectivity index (χ0v) is 14.6. The number of hydrogen-bond acceptors (Lipinski definition) is 3. The molecule has 1 amide bonds. The molecule has 0 aromatic heterocycles. The molecule has 2 N–H and O–H groups in total. The molecule has 1 aromatic rings. The summed E-state index contributed by atoms with van der Waals surface area (Å²) in [4.78, 5) is 16.6. The highest BCUT2D eigenvalue weighted by Gasteiger charge is 2.23. The quantitative estimate of drug-likeness (QED) is 0.798. The standard InChI is InChI=1S/C19H31N3O/c1-3-21(4-2)14-11-16-7-9-17(10-8-16)15-18(20)19(23)22-12-5-6-13-22/h7-10,18H,3-6,11-15,20H2,1-2H3. The largest absolute Gasteiger partial charge is 0.341 e. The first-order valence-electron chi connectivity index (χ1n) is 8.98. The van der Waals surface area contributed by atoms with Crippen molar-refractivity contribution in [2.24, 2.45) is 5.73 Å². The van der Waals surface area contributed by atoms with Gasteiger partial charge in [0.25, 0.3) is 0 Å². The van der Waals surface area contributed by atoms with Gasteiger partial charge < -0.3 is 15.5 Å². The van der Waals surface area contributed by atoms with Gasteiger partial charge in [0.15, 0.2) is 0 Å². The number of carbonyl (C=O) groups is 1. The van der Waals surface area contributed by atoms with Gasteiger partial charge in [-0.2, -0.15) is 0 Å². The number of likely N-dealkylation sites (N-methyl/N-ethyl adjacent to an activating group) is 1. The monoisotopic (exact) mass is 317 g/mol. The van der Waals surface area contributed by atoms with Crippen molar-refractivity contribution in [3.8, 4) is 0 Å². The Morgan fingerprint density at radius 1 is 1.13 bits per heavy atom. The Hall–Kier alpha value is -1.39. The topological polar surface area (TPSA) is 49.6 Å². The van der Waals surface area contributed by atoms with Crippen molar-refractivity contribution in [2.45, 2.75) is 45.6 Å². The molecule has 1 atom stereocenters. The van der Waals surface area contributed by atoms with Gasteiger partial charge in [0.2, 0.25) is 5.91 Å². The minimum Gasteiger partial charge on any atom is -0.341 e. The molecule has 1 saturated heterocycles. The lowest BCUT2D eigenvalue weighted by Crippen LogP contribution is -2.43. The van der Waals surface area contributed by atoms with Gasteiger partial charge >= 0.3 is 0 Å². The summed E-state index contributed by atoms with van der Waals surface area (Å²) in [5.74, 6) is 0.105. The Bertz CT molecular complexity index is 476. The van der Waals surface area contributed by atoms with Crippen LogP contribution >= 0.6 is 0 Å². The SMILES string of the molecule is CCN(CC)CCc1ccc(CC(N)C(=O)N2CCCC2)cc1. The number of nitrogens with two attached hydrogens (primary N) is 1. The number of likely N-dealkylation sites (tertiary alicyclic amines) is 1. The summed E-state index contributed by atoms with van der Waals surface area (Å²) >= 11 is 0. The maximum atomic E-state index is 12.3. The average Bonchev–Trinajstić information content (AvgIpc) is 3.11. The lowest BCUT2D eigenvalue weighted by molar-refractivity contribution is -0.131. The van der Waals surface area contributed by atoms with Crippen LogP contribution in [0.3, 0.4) is 0 Å². The molecule has 2 rings (SSSR count). The highest BCUT2D eigenvalue weighted by atomic mass is 16.2. The molecule has 1 unspecified atom stereocenters. The van der Waals surface area contributed by atoms with Crippen LogP contribution in [0.2, 0.25) is 0 Å². The second-order valence-electron chi connectivity index (χ2n) is 6.44. The van der Waals surface area contributed by atoms with Crippen molar-refractivity contribution in [2.75, 3.05) is 32.7 Å². The van der Waals surface area contributed by atoms with E-state index in [1.54, 1.807) is 0 Å². The van der Waals surface area contributed by atoms with Gasteiger partial charge in [-0.15, -0.1) is 0 Å². The van der Waals surface area contributed by atoms with Gasteiger partial charge in [-0.1, -0.05) is 38.1 Å². The van der Waals surface area contributed by atoms with Gasteiger partial charge in [-0.3, -0.25) is 4.79 Å². The number of benzene rings is 1. The minimum atomic E-state index is -0.408. The van der Waals surface area contributed by atoms with E-state index in [0.717, 1.165) is 57.5 Å². The van der Waals surface area contributed by atoms with Crippen molar-refractivity contribution < 1.29 is 4.79 Å². The number of amides is 1. The van der Waals surface area contributed by atoms with Crippen molar-refractivity contribution in [3.05, 3.63) is 35.4 Å². The third kappa shape index (κ3) is 5.33. The van der Waals surface area contributed by atoms with Crippen molar-refractivity contribution in [1.82, 2.24) is 9.80 Å². The summed E-state index contributed by atoms with van der Waals surface area (Å²) in [6.45, 7) is 9.44. The van der Waals surface area contributed by atoms with Crippen LogP contribution in [0.15, 0.2) is 24.3 Å².